The second-order valence-electron chi connectivity index (χ2n) is 6.76. The topological polar surface area (TPSA) is 72.8 Å². The molecule has 1 amide bonds. The van der Waals surface area contributed by atoms with Crippen molar-refractivity contribution in [1.82, 2.24) is 10.4 Å². The van der Waals surface area contributed by atoms with Gasteiger partial charge in [0.05, 0.1) is 19.4 Å². The highest BCUT2D eigenvalue weighted by Crippen LogP contribution is 2.20. The Morgan fingerprint density at radius 2 is 1.80 bits per heavy atom. The highest BCUT2D eigenvalue weighted by Gasteiger charge is 2.03. The summed E-state index contributed by atoms with van der Waals surface area (Å²) in [7, 11) is 0. The van der Waals surface area contributed by atoms with Crippen LogP contribution >= 0.6 is 0 Å². The molecule has 154 valence electrons. The predicted octanol–water partition coefficient (Wildman–Crippen LogP) is 4.31. The van der Waals surface area contributed by atoms with Gasteiger partial charge in [-0.15, -0.1) is 0 Å². The fourth-order valence-corrected chi connectivity index (χ4v) is 2.73. The number of hydrazone groups is 1. The first-order chi connectivity index (χ1) is 14.6. The molecule has 0 aliphatic heterocycles. The van der Waals surface area contributed by atoms with Gasteiger partial charge < -0.3 is 9.47 Å². The number of amides is 1. The number of hydrogen-bond acceptors (Lipinski definition) is 5. The summed E-state index contributed by atoms with van der Waals surface area (Å²) in [6, 6.07) is 16.8. The molecule has 30 heavy (non-hydrogen) atoms. The van der Waals surface area contributed by atoms with Gasteiger partial charge in [-0.05, 0) is 60.9 Å². The molecule has 0 saturated heterocycles. The number of benzene rings is 2. The molecule has 0 spiro atoms. The molecular weight excluding hydrogens is 378 g/mol. The van der Waals surface area contributed by atoms with Crippen molar-refractivity contribution >= 4 is 12.1 Å². The third-order valence-electron chi connectivity index (χ3n) is 4.55. The third kappa shape index (κ3) is 6.17. The van der Waals surface area contributed by atoms with Crippen LogP contribution in [0.3, 0.4) is 0 Å². The minimum absolute atomic E-state index is 0.287. The Labute approximate surface area is 176 Å². The molecule has 1 aromatic heterocycles. The van der Waals surface area contributed by atoms with E-state index >= 15 is 0 Å². The van der Waals surface area contributed by atoms with Crippen LogP contribution in [0.1, 0.15) is 33.5 Å². The normalized spacial score (nSPS) is 10.7. The van der Waals surface area contributed by atoms with Crippen molar-refractivity contribution in [2.75, 3.05) is 13.2 Å². The van der Waals surface area contributed by atoms with E-state index in [4.69, 9.17) is 9.47 Å². The quantitative estimate of drug-likeness (QED) is 0.328. The Balaban J connectivity index is 1.42. The average Bonchev–Trinajstić information content (AvgIpc) is 2.77. The minimum atomic E-state index is -0.287. The number of nitrogens with zero attached hydrogens (tertiary/aromatic N) is 2. The molecule has 0 unspecified atom stereocenters. The summed E-state index contributed by atoms with van der Waals surface area (Å²) in [5.74, 6) is 1.37. The average molecular weight is 403 g/mol. The molecule has 2 aromatic carbocycles. The third-order valence-corrected chi connectivity index (χ3v) is 4.55. The Hall–Kier alpha value is -3.67. The summed E-state index contributed by atoms with van der Waals surface area (Å²) in [6.07, 6.45) is 5.47. The maximum atomic E-state index is 12.0. The molecule has 1 N–H and O–H groups in total. The molecule has 0 bridgehead atoms. The van der Waals surface area contributed by atoms with Crippen molar-refractivity contribution in [2.24, 2.45) is 5.10 Å². The number of ether oxygens (including phenoxy) is 2. The van der Waals surface area contributed by atoms with E-state index in [0.717, 1.165) is 23.5 Å². The first kappa shape index (κ1) is 21.0. The smallest absolute Gasteiger partial charge is 0.271 e. The fourth-order valence-electron chi connectivity index (χ4n) is 2.73. The van der Waals surface area contributed by atoms with Gasteiger partial charge in [0.15, 0.2) is 0 Å². The van der Waals surface area contributed by atoms with E-state index in [1.54, 1.807) is 30.7 Å². The molecule has 0 aliphatic rings. The summed E-state index contributed by atoms with van der Waals surface area (Å²) < 4.78 is 11.6. The van der Waals surface area contributed by atoms with Gasteiger partial charge in [0.1, 0.15) is 11.5 Å². The van der Waals surface area contributed by atoms with E-state index in [9.17, 15) is 4.79 Å². The lowest BCUT2D eigenvalue weighted by molar-refractivity contribution is 0.0955. The largest absolute Gasteiger partial charge is 0.493 e. The summed E-state index contributed by atoms with van der Waals surface area (Å²) in [5, 5.41) is 4.00. The van der Waals surface area contributed by atoms with E-state index in [2.05, 4.69) is 35.4 Å². The monoisotopic (exact) mass is 403 g/mol. The van der Waals surface area contributed by atoms with Crippen LogP contribution < -0.4 is 14.9 Å². The second kappa shape index (κ2) is 10.8. The molecule has 0 radical (unpaired) electrons. The van der Waals surface area contributed by atoms with Crippen LogP contribution in [0.5, 0.6) is 11.5 Å². The van der Waals surface area contributed by atoms with Crippen molar-refractivity contribution in [3.8, 4) is 11.5 Å². The van der Waals surface area contributed by atoms with Gasteiger partial charge in [0.25, 0.3) is 5.91 Å². The summed E-state index contributed by atoms with van der Waals surface area (Å²) in [6.45, 7) is 5.27. The molecule has 3 aromatic rings. The summed E-state index contributed by atoms with van der Waals surface area (Å²) in [5.41, 5.74) is 6.22. The van der Waals surface area contributed by atoms with E-state index < -0.39 is 0 Å². The van der Waals surface area contributed by atoms with Crippen molar-refractivity contribution in [2.45, 2.75) is 20.3 Å². The number of hydrogen-bond donors (Lipinski definition) is 1. The van der Waals surface area contributed by atoms with Gasteiger partial charge in [0.2, 0.25) is 0 Å². The molecular formula is C24H25N3O3. The van der Waals surface area contributed by atoms with Gasteiger partial charge in [-0.1, -0.05) is 24.3 Å². The lowest BCUT2D eigenvalue weighted by Gasteiger charge is -2.11. The standard InChI is InChI=1S/C24H25N3O3/c1-18-6-3-9-23(19(18)2)30-15-5-14-29-22-8-4-7-20(16-22)17-26-27-24(28)21-10-12-25-13-11-21/h3-4,6-13,16-17H,5,14-15H2,1-2H3,(H,27,28). The van der Waals surface area contributed by atoms with Crippen molar-refractivity contribution < 1.29 is 14.3 Å². The Bertz CT molecular complexity index is 1000. The number of carbonyl (C=O) groups excluding carboxylic acids is 1. The highest BCUT2D eigenvalue weighted by molar-refractivity contribution is 5.94. The van der Waals surface area contributed by atoms with Crippen LogP contribution in [0.4, 0.5) is 0 Å². The first-order valence-corrected chi connectivity index (χ1v) is 9.79. The Kier molecular flexibility index (Phi) is 7.55. The predicted molar refractivity (Wildman–Crippen MR) is 117 cm³/mol. The van der Waals surface area contributed by atoms with Gasteiger partial charge in [-0.2, -0.15) is 5.10 Å². The summed E-state index contributed by atoms with van der Waals surface area (Å²) >= 11 is 0. The lowest BCUT2D eigenvalue weighted by atomic mass is 10.1. The van der Waals surface area contributed by atoms with Crippen molar-refractivity contribution in [3.63, 3.8) is 0 Å². The molecule has 1 heterocycles. The molecule has 3 rings (SSSR count). The van der Waals surface area contributed by atoms with Crippen LogP contribution in [-0.2, 0) is 0 Å². The SMILES string of the molecule is Cc1cccc(OCCCOc2cccc(C=NNC(=O)c3ccncc3)c2)c1C. The molecule has 0 aliphatic carbocycles. The van der Waals surface area contributed by atoms with E-state index in [0.29, 0.717) is 18.8 Å². The Morgan fingerprint density at radius 3 is 2.63 bits per heavy atom. The highest BCUT2D eigenvalue weighted by atomic mass is 16.5. The van der Waals surface area contributed by atoms with Crippen LogP contribution in [-0.4, -0.2) is 30.3 Å². The number of aromatic nitrogens is 1. The maximum absolute atomic E-state index is 12.0. The number of rotatable bonds is 9. The number of nitrogens with one attached hydrogen (secondary N) is 1. The Morgan fingerprint density at radius 1 is 1.03 bits per heavy atom. The molecule has 6 heteroatoms. The fraction of sp³-hybridized carbons (Fsp3) is 0.208. The van der Waals surface area contributed by atoms with Gasteiger partial charge in [-0.25, -0.2) is 5.43 Å². The number of pyridine rings is 1. The molecule has 0 saturated carbocycles. The van der Waals surface area contributed by atoms with Gasteiger partial charge in [-0.3, -0.25) is 9.78 Å². The van der Waals surface area contributed by atoms with Crippen LogP contribution in [0.25, 0.3) is 0 Å². The van der Waals surface area contributed by atoms with Gasteiger partial charge in [0, 0.05) is 24.4 Å². The van der Waals surface area contributed by atoms with Gasteiger partial charge >= 0.3 is 0 Å². The van der Waals surface area contributed by atoms with Crippen molar-refractivity contribution in [3.05, 3.63) is 89.2 Å². The molecule has 0 fully saturated rings. The van der Waals surface area contributed by atoms with E-state index in [1.165, 1.54) is 11.1 Å². The van der Waals surface area contributed by atoms with Crippen LogP contribution in [0.15, 0.2) is 72.1 Å². The lowest BCUT2D eigenvalue weighted by Crippen LogP contribution is -2.17. The van der Waals surface area contributed by atoms with E-state index in [1.807, 2.05) is 36.4 Å². The molecule has 6 nitrogen and oxygen atoms in total. The van der Waals surface area contributed by atoms with Crippen molar-refractivity contribution in [1.29, 1.82) is 0 Å². The van der Waals surface area contributed by atoms with Crippen LogP contribution in [0, 0.1) is 13.8 Å². The zero-order chi connectivity index (χ0) is 21.2. The maximum Gasteiger partial charge on any atom is 0.271 e. The zero-order valence-electron chi connectivity index (χ0n) is 17.2. The zero-order valence-corrected chi connectivity index (χ0v) is 17.2. The number of carbonyl (C=O) groups is 1. The van der Waals surface area contributed by atoms with Crippen LogP contribution in [0.2, 0.25) is 0 Å². The second-order valence-corrected chi connectivity index (χ2v) is 6.76. The minimum Gasteiger partial charge on any atom is -0.493 e. The number of aryl methyl sites for hydroxylation is 1. The van der Waals surface area contributed by atoms with E-state index in [-0.39, 0.29) is 5.91 Å². The first-order valence-electron chi connectivity index (χ1n) is 9.79. The summed E-state index contributed by atoms with van der Waals surface area (Å²) in [4.78, 5) is 15.8. The molecule has 0 atom stereocenters.